The predicted octanol–water partition coefficient (Wildman–Crippen LogP) is -0.152. The summed E-state index contributed by atoms with van der Waals surface area (Å²) in [6.45, 7) is 0. The van der Waals surface area contributed by atoms with Crippen LogP contribution in [0.3, 0.4) is 0 Å². The minimum Gasteiger partial charge on any atom is -1.00 e. The summed E-state index contributed by atoms with van der Waals surface area (Å²) < 4.78 is 0.689. The van der Waals surface area contributed by atoms with E-state index in [1.807, 2.05) is 30.3 Å². The van der Waals surface area contributed by atoms with Crippen molar-refractivity contribution in [2.45, 2.75) is 0 Å². The van der Waals surface area contributed by atoms with Crippen LogP contribution < -0.4 is 16.9 Å². The molecule has 1 aromatic heterocycles. The zero-order valence-corrected chi connectivity index (χ0v) is 12.2. The summed E-state index contributed by atoms with van der Waals surface area (Å²) in [6.07, 6.45) is 5.68. The Balaban J connectivity index is 0.00000180. The van der Waals surface area contributed by atoms with E-state index >= 15 is 0 Å². The summed E-state index contributed by atoms with van der Waals surface area (Å²) in [5, 5.41) is 0. The number of aromatic nitrogens is 2. The van der Waals surface area contributed by atoms with Crippen LogP contribution in [0.15, 0.2) is 42.7 Å². The summed E-state index contributed by atoms with van der Waals surface area (Å²) >= 11 is 0. The second kappa shape index (κ2) is 6.45. The molecule has 0 aliphatic heterocycles. The number of hydrogen-bond acceptors (Lipinski definition) is 2. The molecule has 0 atom stereocenters. The standard InChI is InChI=1S/C15H18N3.ClH/c1-18(2,3)15-11-14(16-12-17-15)10-9-13-7-5-4-6-8-13;/h4-12H,1-3H3;1H/q+1;/p-1/b10-9+;. The Labute approximate surface area is 120 Å². The van der Waals surface area contributed by atoms with Gasteiger partial charge < -0.3 is 12.4 Å². The van der Waals surface area contributed by atoms with Crippen LogP contribution in [0.25, 0.3) is 12.2 Å². The fourth-order valence-corrected chi connectivity index (χ4v) is 1.57. The molecule has 0 aliphatic carbocycles. The predicted molar refractivity (Wildman–Crippen MR) is 77.0 cm³/mol. The summed E-state index contributed by atoms with van der Waals surface area (Å²) in [4.78, 5) is 8.55. The van der Waals surface area contributed by atoms with E-state index in [4.69, 9.17) is 0 Å². The Morgan fingerprint density at radius 3 is 2.26 bits per heavy atom. The van der Waals surface area contributed by atoms with Crippen LogP contribution in [-0.2, 0) is 0 Å². The van der Waals surface area contributed by atoms with E-state index in [1.54, 1.807) is 6.33 Å². The maximum atomic E-state index is 4.29. The minimum atomic E-state index is 0. The second-order valence-corrected chi connectivity index (χ2v) is 5.06. The van der Waals surface area contributed by atoms with Crippen LogP contribution in [0, 0.1) is 0 Å². The molecular weight excluding hydrogens is 258 g/mol. The number of halogens is 1. The first kappa shape index (κ1) is 15.3. The molecule has 0 amide bonds. The lowest BCUT2D eigenvalue weighted by molar-refractivity contribution is -0.00000397. The molecule has 3 nitrogen and oxygen atoms in total. The lowest BCUT2D eigenvalue weighted by Crippen LogP contribution is -3.00. The largest absolute Gasteiger partial charge is 1.00 e. The average molecular weight is 276 g/mol. The van der Waals surface area contributed by atoms with Gasteiger partial charge in [-0.1, -0.05) is 36.4 Å². The van der Waals surface area contributed by atoms with Gasteiger partial charge in [0.25, 0.3) is 0 Å². The van der Waals surface area contributed by atoms with Gasteiger partial charge in [-0.25, -0.2) is 4.98 Å². The summed E-state index contributed by atoms with van der Waals surface area (Å²) in [7, 11) is 6.27. The molecule has 0 saturated carbocycles. The van der Waals surface area contributed by atoms with Gasteiger partial charge in [-0.3, -0.25) is 4.48 Å². The van der Waals surface area contributed by atoms with Crippen molar-refractivity contribution in [2.75, 3.05) is 21.1 Å². The lowest BCUT2D eigenvalue weighted by atomic mass is 10.2. The monoisotopic (exact) mass is 275 g/mol. The fourth-order valence-electron chi connectivity index (χ4n) is 1.57. The Morgan fingerprint density at radius 1 is 0.947 bits per heavy atom. The van der Waals surface area contributed by atoms with E-state index in [0.717, 1.165) is 11.5 Å². The van der Waals surface area contributed by atoms with E-state index in [-0.39, 0.29) is 12.4 Å². The van der Waals surface area contributed by atoms with Crippen LogP contribution in [0.2, 0.25) is 0 Å². The third-order valence-electron chi connectivity index (χ3n) is 2.61. The topological polar surface area (TPSA) is 25.8 Å². The molecule has 1 aromatic carbocycles. The molecular formula is C15H18ClN3. The van der Waals surface area contributed by atoms with E-state index in [2.05, 4.69) is 49.3 Å². The Morgan fingerprint density at radius 2 is 1.63 bits per heavy atom. The highest BCUT2D eigenvalue weighted by molar-refractivity contribution is 5.68. The van der Waals surface area contributed by atoms with Crippen molar-refractivity contribution in [3.63, 3.8) is 0 Å². The summed E-state index contributed by atoms with van der Waals surface area (Å²) in [5.74, 6) is 0.998. The molecule has 19 heavy (non-hydrogen) atoms. The molecule has 0 N–H and O–H groups in total. The van der Waals surface area contributed by atoms with Crippen molar-refractivity contribution in [3.8, 4) is 0 Å². The first-order chi connectivity index (χ1) is 8.55. The highest BCUT2D eigenvalue weighted by atomic mass is 35.5. The van der Waals surface area contributed by atoms with E-state index in [1.165, 1.54) is 5.56 Å². The van der Waals surface area contributed by atoms with E-state index in [9.17, 15) is 0 Å². The lowest BCUT2D eigenvalue weighted by Gasteiger charge is -2.21. The summed E-state index contributed by atoms with van der Waals surface area (Å²) in [5.41, 5.74) is 2.10. The number of quaternary nitrogens is 1. The second-order valence-electron chi connectivity index (χ2n) is 5.06. The van der Waals surface area contributed by atoms with Crippen LogP contribution in [0.4, 0.5) is 5.82 Å². The molecule has 0 saturated heterocycles. The van der Waals surface area contributed by atoms with Crippen LogP contribution in [0.1, 0.15) is 11.3 Å². The number of rotatable bonds is 3. The Bertz CT molecular complexity index is 545. The maximum absolute atomic E-state index is 4.29. The highest BCUT2D eigenvalue weighted by Gasteiger charge is 2.13. The van der Waals surface area contributed by atoms with Crippen LogP contribution in [0.5, 0.6) is 0 Å². The number of benzene rings is 1. The van der Waals surface area contributed by atoms with Gasteiger partial charge in [0.15, 0.2) is 0 Å². The van der Waals surface area contributed by atoms with Crippen molar-refractivity contribution in [3.05, 3.63) is 54.0 Å². The molecule has 1 heterocycles. The van der Waals surface area contributed by atoms with Crippen LogP contribution >= 0.6 is 0 Å². The smallest absolute Gasteiger partial charge is 0.230 e. The van der Waals surface area contributed by atoms with Gasteiger partial charge in [-0.15, -0.1) is 0 Å². The Kier molecular flexibility index (Phi) is 5.21. The molecule has 0 fully saturated rings. The van der Waals surface area contributed by atoms with Gasteiger partial charge >= 0.3 is 0 Å². The number of hydrogen-bond donors (Lipinski definition) is 0. The van der Waals surface area contributed by atoms with Crippen LogP contribution in [-0.4, -0.2) is 31.1 Å². The van der Waals surface area contributed by atoms with Gasteiger partial charge in [0.2, 0.25) is 5.82 Å². The fraction of sp³-hybridized carbons (Fsp3) is 0.200. The molecule has 4 heteroatoms. The molecule has 0 radical (unpaired) electrons. The maximum Gasteiger partial charge on any atom is 0.230 e. The van der Waals surface area contributed by atoms with Crippen molar-refractivity contribution in [2.24, 2.45) is 0 Å². The zero-order chi connectivity index (χ0) is 13.0. The van der Waals surface area contributed by atoms with Gasteiger partial charge in [0.05, 0.1) is 26.8 Å². The first-order valence-electron chi connectivity index (χ1n) is 5.93. The molecule has 2 rings (SSSR count). The van der Waals surface area contributed by atoms with Crippen molar-refractivity contribution >= 4 is 18.0 Å². The summed E-state index contributed by atoms with van der Waals surface area (Å²) in [6, 6.07) is 12.2. The molecule has 0 aliphatic rings. The minimum absolute atomic E-state index is 0. The molecule has 0 unspecified atom stereocenters. The molecule has 2 aromatic rings. The molecule has 0 bridgehead atoms. The molecule has 0 spiro atoms. The number of nitrogens with zero attached hydrogens (tertiary/aromatic N) is 3. The van der Waals surface area contributed by atoms with Gasteiger partial charge in [-0.05, 0) is 11.6 Å². The van der Waals surface area contributed by atoms with Crippen molar-refractivity contribution < 1.29 is 12.4 Å². The molecule has 100 valence electrons. The first-order valence-corrected chi connectivity index (χ1v) is 5.93. The quantitative estimate of drug-likeness (QED) is 0.728. The third-order valence-corrected chi connectivity index (χ3v) is 2.61. The highest BCUT2D eigenvalue weighted by Crippen LogP contribution is 2.14. The van der Waals surface area contributed by atoms with Gasteiger partial charge in [0, 0.05) is 6.07 Å². The normalized spacial score (nSPS) is 11.3. The van der Waals surface area contributed by atoms with Gasteiger partial charge in [-0.2, -0.15) is 4.98 Å². The van der Waals surface area contributed by atoms with Crippen molar-refractivity contribution in [1.29, 1.82) is 0 Å². The van der Waals surface area contributed by atoms with E-state index in [0.29, 0.717) is 4.48 Å². The Hall–Kier alpha value is -1.71. The zero-order valence-electron chi connectivity index (χ0n) is 11.4. The third kappa shape index (κ3) is 4.47. The van der Waals surface area contributed by atoms with E-state index < -0.39 is 0 Å². The average Bonchev–Trinajstić information content (AvgIpc) is 2.37. The SMILES string of the molecule is C[N+](C)(C)c1cc(/C=C/c2ccccc2)ncn1.[Cl-]. The van der Waals surface area contributed by atoms with Gasteiger partial charge in [0.1, 0.15) is 6.33 Å². The van der Waals surface area contributed by atoms with Crippen molar-refractivity contribution in [1.82, 2.24) is 14.5 Å².